The van der Waals surface area contributed by atoms with Gasteiger partial charge in [-0.2, -0.15) is 0 Å². The summed E-state index contributed by atoms with van der Waals surface area (Å²) in [5, 5.41) is 0. The SMILES string of the molecule is C=CCC1C=C(C(C)(C)C)C=C1C(C)(C)C. The van der Waals surface area contributed by atoms with Crippen LogP contribution >= 0.6 is 0 Å². The molecule has 90 valence electrons. The summed E-state index contributed by atoms with van der Waals surface area (Å²) in [4.78, 5) is 0. The van der Waals surface area contributed by atoms with Crippen molar-refractivity contribution in [3.05, 3.63) is 36.0 Å². The zero-order valence-electron chi connectivity index (χ0n) is 11.7. The van der Waals surface area contributed by atoms with Crippen molar-refractivity contribution in [3.8, 4) is 0 Å². The molecule has 0 saturated heterocycles. The number of allylic oxidation sites excluding steroid dienone is 5. The normalized spacial score (nSPS) is 21.8. The second kappa shape index (κ2) is 4.24. The van der Waals surface area contributed by atoms with Crippen LogP contribution in [0.4, 0.5) is 0 Å². The van der Waals surface area contributed by atoms with Crippen LogP contribution in [0.5, 0.6) is 0 Å². The van der Waals surface area contributed by atoms with Crippen LogP contribution in [0.1, 0.15) is 48.0 Å². The molecule has 0 aromatic carbocycles. The lowest BCUT2D eigenvalue weighted by molar-refractivity contribution is 0.457. The molecule has 0 heteroatoms. The number of hydrogen-bond donors (Lipinski definition) is 0. The second-order valence-electron chi connectivity index (χ2n) is 6.85. The lowest BCUT2D eigenvalue weighted by Crippen LogP contribution is -2.14. The van der Waals surface area contributed by atoms with E-state index in [2.05, 4.69) is 60.3 Å². The molecule has 0 bridgehead atoms. The molecular weight excluding hydrogens is 192 g/mol. The van der Waals surface area contributed by atoms with Gasteiger partial charge in [0.15, 0.2) is 0 Å². The fourth-order valence-electron chi connectivity index (χ4n) is 2.24. The van der Waals surface area contributed by atoms with E-state index in [0.717, 1.165) is 6.42 Å². The molecule has 1 aliphatic carbocycles. The van der Waals surface area contributed by atoms with Crippen molar-refractivity contribution in [2.45, 2.75) is 48.0 Å². The molecule has 0 fully saturated rings. The van der Waals surface area contributed by atoms with Crippen LogP contribution in [0.25, 0.3) is 0 Å². The minimum atomic E-state index is 0.256. The molecule has 1 unspecified atom stereocenters. The number of rotatable bonds is 2. The van der Waals surface area contributed by atoms with E-state index >= 15 is 0 Å². The van der Waals surface area contributed by atoms with Crippen molar-refractivity contribution in [3.63, 3.8) is 0 Å². The molecule has 0 heterocycles. The van der Waals surface area contributed by atoms with Crippen LogP contribution in [-0.2, 0) is 0 Å². The minimum absolute atomic E-state index is 0.256. The number of hydrogen-bond acceptors (Lipinski definition) is 0. The molecule has 0 radical (unpaired) electrons. The van der Waals surface area contributed by atoms with Gasteiger partial charge in [-0.3, -0.25) is 0 Å². The third-order valence-corrected chi connectivity index (χ3v) is 3.24. The molecule has 0 N–H and O–H groups in total. The average molecular weight is 218 g/mol. The minimum Gasteiger partial charge on any atom is -0.103 e. The van der Waals surface area contributed by atoms with E-state index in [4.69, 9.17) is 0 Å². The molecule has 0 amide bonds. The molecule has 0 aromatic rings. The summed E-state index contributed by atoms with van der Waals surface area (Å²) in [6.07, 6.45) is 7.94. The maximum Gasteiger partial charge on any atom is 0.00256 e. The van der Waals surface area contributed by atoms with E-state index in [9.17, 15) is 0 Å². The first kappa shape index (κ1) is 13.3. The first-order valence-corrected chi connectivity index (χ1v) is 6.21. The molecule has 0 spiro atoms. The maximum absolute atomic E-state index is 3.87. The zero-order chi connectivity index (χ0) is 12.6. The molecule has 1 rings (SSSR count). The largest absolute Gasteiger partial charge is 0.103 e. The van der Waals surface area contributed by atoms with E-state index in [1.165, 1.54) is 5.57 Å². The molecule has 0 nitrogen and oxygen atoms in total. The Morgan fingerprint density at radius 1 is 1.12 bits per heavy atom. The molecule has 0 saturated carbocycles. The van der Waals surface area contributed by atoms with Crippen molar-refractivity contribution >= 4 is 0 Å². The Balaban J connectivity index is 3.06. The Hall–Kier alpha value is -0.780. The highest BCUT2D eigenvalue weighted by Crippen LogP contribution is 2.43. The van der Waals surface area contributed by atoms with Gasteiger partial charge in [-0.05, 0) is 22.8 Å². The first-order chi connectivity index (χ1) is 7.16. The van der Waals surface area contributed by atoms with Gasteiger partial charge in [0.2, 0.25) is 0 Å². The van der Waals surface area contributed by atoms with E-state index in [-0.39, 0.29) is 10.8 Å². The van der Waals surface area contributed by atoms with Crippen molar-refractivity contribution in [1.29, 1.82) is 0 Å². The Labute approximate surface area is 101 Å². The second-order valence-corrected chi connectivity index (χ2v) is 6.85. The van der Waals surface area contributed by atoms with E-state index < -0.39 is 0 Å². The predicted molar refractivity (Wildman–Crippen MR) is 73.4 cm³/mol. The fraction of sp³-hybridized carbons (Fsp3) is 0.625. The van der Waals surface area contributed by atoms with E-state index in [1.54, 1.807) is 5.57 Å². The molecule has 1 atom stereocenters. The maximum atomic E-state index is 3.87. The fourth-order valence-corrected chi connectivity index (χ4v) is 2.24. The van der Waals surface area contributed by atoms with Crippen LogP contribution in [0.15, 0.2) is 36.0 Å². The highest BCUT2D eigenvalue weighted by molar-refractivity contribution is 5.41. The van der Waals surface area contributed by atoms with E-state index in [1.807, 2.05) is 6.08 Å². The van der Waals surface area contributed by atoms with Gasteiger partial charge in [-0.25, -0.2) is 0 Å². The molecule has 16 heavy (non-hydrogen) atoms. The Morgan fingerprint density at radius 2 is 1.69 bits per heavy atom. The first-order valence-electron chi connectivity index (χ1n) is 6.21. The molecule has 1 aliphatic rings. The third-order valence-electron chi connectivity index (χ3n) is 3.24. The summed E-state index contributed by atoms with van der Waals surface area (Å²) >= 11 is 0. The van der Waals surface area contributed by atoms with E-state index in [0.29, 0.717) is 5.92 Å². The third kappa shape index (κ3) is 2.87. The van der Waals surface area contributed by atoms with Crippen molar-refractivity contribution in [2.24, 2.45) is 16.7 Å². The molecular formula is C16H26. The Kier molecular flexibility index (Phi) is 3.52. The van der Waals surface area contributed by atoms with Gasteiger partial charge in [-0.15, -0.1) is 6.58 Å². The van der Waals surface area contributed by atoms with Gasteiger partial charge in [-0.1, -0.05) is 65.3 Å². The van der Waals surface area contributed by atoms with Gasteiger partial charge >= 0.3 is 0 Å². The van der Waals surface area contributed by atoms with Gasteiger partial charge in [0, 0.05) is 5.92 Å². The summed E-state index contributed by atoms with van der Waals surface area (Å²) in [6.45, 7) is 17.6. The van der Waals surface area contributed by atoms with Crippen molar-refractivity contribution in [2.75, 3.05) is 0 Å². The summed E-state index contributed by atoms with van der Waals surface area (Å²) < 4.78 is 0. The summed E-state index contributed by atoms with van der Waals surface area (Å²) in [5.74, 6) is 0.562. The quantitative estimate of drug-likeness (QED) is 0.563. The van der Waals surface area contributed by atoms with Gasteiger partial charge < -0.3 is 0 Å². The molecule has 0 aromatic heterocycles. The van der Waals surface area contributed by atoms with Gasteiger partial charge in [0.1, 0.15) is 0 Å². The monoisotopic (exact) mass is 218 g/mol. The smallest absolute Gasteiger partial charge is 0.00256 e. The predicted octanol–water partition coefficient (Wildman–Crippen LogP) is 5.14. The van der Waals surface area contributed by atoms with Crippen LogP contribution in [0.3, 0.4) is 0 Å². The highest BCUT2D eigenvalue weighted by atomic mass is 14.4. The summed E-state index contributed by atoms with van der Waals surface area (Å²) in [7, 11) is 0. The lowest BCUT2D eigenvalue weighted by atomic mass is 9.79. The Morgan fingerprint density at radius 3 is 2.06 bits per heavy atom. The van der Waals surface area contributed by atoms with Crippen LogP contribution < -0.4 is 0 Å². The van der Waals surface area contributed by atoms with Gasteiger partial charge in [0.25, 0.3) is 0 Å². The molecule has 0 aliphatic heterocycles. The average Bonchev–Trinajstić information content (AvgIpc) is 2.46. The standard InChI is InChI=1S/C16H26/c1-8-9-12-10-13(15(2,3)4)11-14(12)16(5,6)7/h8,10-12H,1,9H2,2-7H3. The van der Waals surface area contributed by atoms with Crippen LogP contribution in [0, 0.1) is 16.7 Å². The Bertz CT molecular complexity index is 326. The topological polar surface area (TPSA) is 0 Å². The van der Waals surface area contributed by atoms with Gasteiger partial charge in [0.05, 0.1) is 0 Å². The summed E-state index contributed by atoms with van der Waals surface area (Å²) in [6, 6.07) is 0. The van der Waals surface area contributed by atoms with Crippen LogP contribution in [-0.4, -0.2) is 0 Å². The zero-order valence-corrected chi connectivity index (χ0v) is 11.7. The highest BCUT2D eigenvalue weighted by Gasteiger charge is 2.30. The van der Waals surface area contributed by atoms with Crippen LogP contribution in [0.2, 0.25) is 0 Å². The van der Waals surface area contributed by atoms with Crippen molar-refractivity contribution < 1.29 is 0 Å². The lowest BCUT2D eigenvalue weighted by Gasteiger charge is -2.26. The summed E-state index contributed by atoms with van der Waals surface area (Å²) in [5.41, 5.74) is 3.55. The van der Waals surface area contributed by atoms with Crippen molar-refractivity contribution in [1.82, 2.24) is 0 Å².